The molecule has 0 N–H and O–H groups in total. The SMILES string of the molecule is C1CCCC1.CC(=Nc1c(C)cc(C)cc1C)c1cccc(C(C)=NC2CCCC2)n1.[Cl][Fe][Cl].[Fe]. The summed E-state index contributed by atoms with van der Waals surface area (Å²) in [7, 11) is 9.53. The first kappa shape index (κ1) is 32.4. The molecule has 2 fully saturated rings. The quantitative estimate of drug-likeness (QED) is 0.255. The molecule has 0 unspecified atom stereocenters. The third-order valence-corrected chi connectivity index (χ3v) is 6.36. The van der Waals surface area contributed by atoms with Crippen LogP contribution in [-0.4, -0.2) is 22.4 Å². The van der Waals surface area contributed by atoms with E-state index in [-0.39, 0.29) is 30.2 Å². The average molecular weight is 600 g/mol. The van der Waals surface area contributed by atoms with Gasteiger partial charge in [0.05, 0.1) is 34.5 Å². The minimum atomic E-state index is 0. The normalized spacial score (nSPS) is 16.2. The Kier molecular flexibility index (Phi) is 16.4. The van der Waals surface area contributed by atoms with Crippen LogP contribution in [0.3, 0.4) is 0 Å². The predicted octanol–water partition coefficient (Wildman–Crippen LogP) is 9.22. The van der Waals surface area contributed by atoms with Gasteiger partial charge in [-0.15, -0.1) is 0 Å². The van der Waals surface area contributed by atoms with E-state index in [4.69, 9.17) is 35.2 Å². The number of aromatic nitrogens is 1. The van der Waals surface area contributed by atoms with Crippen LogP contribution in [0.15, 0.2) is 40.3 Å². The molecular formula is C28H39Cl2Fe2N3. The van der Waals surface area contributed by atoms with E-state index in [1.54, 1.807) is 0 Å². The molecule has 35 heavy (non-hydrogen) atoms. The van der Waals surface area contributed by atoms with Crippen molar-refractivity contribution in [3.63, 3.8) is 0 Å². The Morgan fingerprint density at radius 1 is 0.829 bits per heavy atom. The molecule has 0 saturated heterocycles. The fourth-order valence-corrected chi connectivity index (χ4v) is 4.67. The van der Waals surface area contributed by atoms with E-state index >= 15 is 0 Å². The zero-order valence-corrected chi connectivity index (χ0v) is 25.4. The molecule has 4 rings (SSSR count). The summed E-state index contributed by atoms with van der Waals surface area (Å²) in [5.74, 6) is 0. The van der Waals surface area contributed by atoms with Crippen molar-refractivity contribution >= 4 is 37.3 Å². The molecule has 1 heterocycles. The van der Waals surface area contributed by atoms with Gasteiger partial charge in [0.1, 0.15) is 0 Å². The van der Waals surface area contributed by atoms with Gasteiger partial charge < -0.3 is 0 Å². The zero-order chi connectivity index (χ0) is 24.9. The number of nitrogens with zero attached hydrogens (tertiary/aromatic N) is 3. The van der Waals surface area contributed by atoms with Gasteiger partial charge >= 0.3 is 33.3 Å². The van der Waals surface area contributed by atoms with Crippen molar-refractivity contribution in [2.24, 2.45) is 9.98 Å². The first-order chi connectivity index (χ1) is 16.3. The second-order valence-corrected chi connectivity index (χ2v) is 11.1. The fraction of sp³-hybridized carbons (Fsp3) is 0.536. The first-order valence-corrected chi connectivity index (χ1v) is 15.4. The molecule has 0 spiro atoms. The maximum atomic E-state index is 4.89. The van der Waals surface area contributed by atoms with E-state index in [1.165, 1.54) is 74.5 Å². The minimum absolute atomic E-state index is 0. The Morgan fingerprint density at radius 3 is 1.77 bits per heavy atom. The Balaban J connectivity index is 0.000000585. The second-order valence-electron chi connectivity index (χ2n) is 9.32. The molecule has 2 saturated carbocycles. The van der Waals surface area contributed by atoms with Gasteiger partial charge in [0, 0.05) is 17.1 Å². The van der Waals surface area contributed by atoms with Crippen LogP contribution in [0.4, 0.5) is 5.69 Å². The third kappa shape index (κ3) is 11.5. The predicted molar refractivity (Wildman–Crippen MR) is 146 cm³/mol. The van der Waals surface area contributed by atoms with E-state index in [2.05, 4.69) is 45.9 Å². The average Bonchev–Trinajstić information content (AvgIpc) is 3.54. The summed E-state index contributed by atoms with van der Waals surface area (Å²) in [6, 6.07) is 11.0. The summed E-state index contributed by atoms with van der Waals surface area (Å²) in [6.45, 7) is 10.5. The molecule has 0 aliphatic heterocycles. The number of aryl methyl sites for hydroxylation is 3. The number of halogens is 2. The van der Waals surface area contributed by atoms with Crippen LogP contribution in [0.2, 0.25) is 0 Å². The van der Waals surface area contributed by atoms with Crippen LogP contribution in [0, 0.1) is 20.8 Å². The Morgan fingerprint density at radius 2 is 1.29 bits per heavy atom. The van der Waals surface area contributed by atoms with Crippen LogP contribution in [0.25, 0.3) is 0 Å². The Hall–Kier alpha value is -0.671. The molecule has 2 aliphatic rings. The summed E-state index contributed by atoms with van der Waals surface area (Å²) in [6.07, 6.45) is 12.5. The standard InChI is InChI=1S/C23H29N3.C5H10.2ClH.2Fe/c1-15-13-16(2)23(17(3)14-15)25-19(5)22-12-8-11-21(26-22)18(4)24-20-9-6-7-10-20;1-2-4-5-3-1;;;;/h8,11-14,20H,6-7,9-10H2,1-5H3;1-5H2;2*1H;;/q;;;;;+2/p-2. The number of hydrogen-bond donors (Lipinski definition) is 0. The van der Waals surface area contributed by atoms with Gasteiger partial charge in [0.15, 0.2) is 0 Å². The Bertz CT molecular complexity index is 936. The van der Waals surface area contributed by atoms with E-state index < -0.39 is 0 Å². The van der Waals surface area contributed by atoms with Gasteiger partial charge in [-0.25, -0.2) is 4.98 Å². The van der Waals surface area contributed by atoms with Crippen LogP contribution < -0.4 is 0 Å². The molecule has 0 atom stereocenters. The van der Waals surface area contributed by atoms with Gasteiger partial charge in [-0.2, -0.15) is 0 Å². The summed E-state index contributed by atoms with van der Waals surface area (Å²) in [5.41, 5.74) is 8.59. The Labute approximate surface area is 238 Å². The molecule has 1 aromatic heterocycles. The van der Waals surface area contributed by atoms with Crippen LogP contribution in [-0.2, 0) is 30.2 Å². The van der Waals surface area contributed by atoms with Gasteiger partial charge in [-0.05, 0) is 70.7 Å². The molecule has 0 bridgehead atoms. The smallest absolute Gasteiger partial charge is 0 e. The van der Waals surface area contributed by atoms with Crippen molar-refractivity contribution in [2.45, 2.75) is 98.4 Å². The first-order valence-electron chi connectivity index (χ1n) is 12.4. The second kappa shape index (κ2) is 17.7. The third-order valence-electron chi connectivity index (χ3n) is 6.36. The molecule has 2 aromatic rings. The monoisotopic (exact) mass is 599 g/mol. The molecular weight excluding hydrogens is 561 g/mol. The molecule has 2 aliphatic carbocycles. The summed E-state index contributed by atoms with van der Waals surface area (Å²) < 4.78 is 0. The van der Waals surface area contributed by atoms with Crippen molar-refractivity contribution in [1.29, 1.82) is 0 Å². The van der Waals surface area contributed by atoms with Gasteiger partial charge in [0.25, 0.3) is 0 Å². The molecule has 196 valence electrons. The maximum Gasteiger partial charge on any atom is 0 e. The summed E-state index contributed by atoms with van der Waals surface area (Å²) in [5, 5.41) is 0. The summed E-state index contributed by atoms with van der Waals surface area (Å²) >= 11 is 0.194. The molecule has 1 aromatic carbocycles. The molecule has 0 amide bonds. The number of hydrogen-bond acceptors (Lipinski definition) is 3. The largest absolute Gasteiger partial charge is 0 e. The van der Waals surface area contributed by atoms with Crippen molar-refractivity contribution in [3.8, 4) is 0 Å². The molecule has 0 radical (unpaired) electrons. The van der Waals surface area contributed by atoms with Crippen molar-refractivity contribution in [1.82, 2.24) is 4.98 Å². The number of aliphatic imine (C=N–C) groups is 2. The van der Waals surface area contributed by atoms with E-state index in [0.29, 0.717) is 6.04 Å². The zero-order valence-electron chi connectivity index (χ0n) is 21.6. The topological polar surface area (TPSA) is 37.6 Å². The fourth-order valence-electron chi connectivity index (χ4n) is 4.67. The van der Waals surface area contributed by atoms with Crippen molar-refractivity contribution in [2.75, 3.05) is 0 Å². The number of rotatable bonds is 4. The minimum Gasteiger partial charge on any atom is 0 e. The maximum absolute atomic E-state index is 4.89. The van der Waals surface area contributed by atoms with E-state index in [1.807, 2.05) is 19.1 Å². The molecule has 7 heteroatoms. The molecule has 3 nitrogen and oxygen atoms in total. The van der Waals surface area contributed by atoms with E-state index in [9.17, 15) is 0 Å². The van der Waals surface area contributed by atoms with Gasteiger partial charge in [0.2, 0.25) is 0 Å². The van der Waals surface area contributed by atoms with Gasteiger partial charge in [-0.1, -0.05) is 68.7 Å². The van der Waals surface area contributed by atoms with Crippen LogP contribution in [0.5, 0.6) is 0 Å². The van der Waals surface area contributed by atoms with Crippen molar-refractivity contribution < 1.29 is 30.2 Å². The van der Waals surface area contributed by atoms with E-state index in [0.717, 1.165) is 28.5 Å². The van der Waals surface area contributed by atoms with Gasteiger partial charge in [-0.3, -0.25) is 9.98 Å². The number of benzene rings is 1. The summed E-state index contributed by atoms with van der Waals surface area (Å²) in [4.78, 5) is 14.6. The number of pyridine rings is 1. The van der Waals surface area contributed by atoms with Crippen LogP contribution >= 0.6 is 20.2 Å². The van der Waals surface area contributed by atoms with Crippen molar-refractivity contribution in [3.05, 3.63) is 58.4 Å². The van der Waals surface area contributed by atoms with Crippen LogP contribution in [0.1, 0.15) is 99.7 Å².